The smallest absolute Gasteiger partial charge is 0.191 e. The number of thioether (sulfide) groups is 1. The van der Waals surface area contributed by atoms with Gasteiger partial charge in [0.25, 0.3) is 0 Å². The summed E-state index contributed by atoms with van der Waals surface area (Å²) in [6.45, 7) is 1.94. The standard InChI is InChI=1S/C13H14N4S2/c1-9(7-14)8-19-13-16-15-12(11-3-2-6-18-11)17(13)10-4-5-10/h2-3,6,9-10H,4-5,8H2,1H3/t9-/m1/s1. The predicted octanol–water partition coefficient (Wildman–Crippen LogP) is 3.59. The Kier molecular flexibility index (Phi) is 3.58. The second-order valence-electron chi connectivity index (χ2n) is 4.73. The van der Waals surface area contributed by atoms with E-state index in [0.29, 0.717) is 6.04 Å². The molecule has 0 radical (unpaired) electrons. The van der Waals surface area contributed by atoms with Crippen molar-refractivity contribution in [2.75, 3.05) is 5.75 Å². The minimum atomic E-state index is 0.0412. The number of hydrogen-bond donors (Lipinski definition) is 0. The van der Waals surface area contributed by atoms with Gasteiger partial charge in [0.1, 0.15) is 0 Å². The third kappa shape index (κ3) is 2.67. The molecule has 98 valence electrons. The fraction of sp³-hybridized carbons (Fsp3) is 0.462. The highest BCUT2D eigenvalue weighted by Crippen LogP contribution is 2.41. The van der Waals surface area contributed by atoms with Crippen LogP contribution in [0.25, 0.3) is 10.7 Å². The van der Waals surface area contributed by atoms with Crippen LogP contribution in [-0.4, -0.2) is 20.5 Å². The molecule has 0 N–H and O–H groups in total. The fourth-order valence-electron chi connectivity index (χ4n) is 1.85. The van der Waals surface area contributed by atoms with E-state index in [2.05, 4.69) is 32.3 Å². The van der Waals surface area contributed by atoms with Crippen molar-refractivity contribution in [1.82, 2.24) is 14.8 Å². The molecule has 1 saturated carbocycles. The molecular weight excluding hydrogens is 276 g/mol. The largest absolute Gasteiger partial charge is 0.298 e. The van der Waals surface area contributed by atoms with E-state index in [1.54, 1.807) is 23.1 Å². The molecule has 0 unspecified atom stereocenters. The Morgan fingerprint density at radius 2 is 2.42 bits per heavy atom. The Balaban J connectivity index is 1.87. The Labute approximate surface area is 120 Å². The Morgan fingerprint density at radius 3 is 3.05 bits per heavy atom. The van der Waals surface area contributed by atoms with Gasteiger partial charge in [0.15, 0.2) is 11.0 Å². The van der Waals surface area contributed by atoms with E-state index in [4.69, 9.17) is 5.26 Å². The van der Waals surface area contributed by atoms with E-state index in [9.17, 15) is 0 Å². The Morgan fingerprint density at radius 1 is 1.58 bits per heavy atom. The summed E-state index contributed by atoms with van der Waals surface area (Å²) in [6, 6.07) is 6.93. The van der Waals surface area contributed by atoms with Gasteiger partial charge in [-0.05, 0) is 31.2 Å². The maximum Gasteiger partial charge on any atom is 0.191 e. The zero-order chi connectivity index (χ0) is 13.2. The van der Waals surface area contributed by atoms with Gasteiger partial charge < -0.3 is 0 Å². The lowest BCUT2D eigenvalue weighted by Gasteiger charge is -2.07. The van der Waals surface area contributed by atoms with Crippen LogP contribution in [0.1, 0.15) is 25.8 Å². The van der Waals surface area contributed by atoms with Crippen LogP contribution in [0.5, 0.6) is 0 Å². The second kappa shape index (κ2) is 5.35. The van der Waals surface area contributed by atoms with Crippen LogP contribution in [-0.2, 0) is 0 Å². The molecule has 6 heteroatoms. The summed E-state index contributed by atoms with van der Waals surface area (Å²) in [5.41, 5.74) is 0. The SMILES string of the molecule is C[C@H](C#N)CSc1nnc(-c2cccs2)n1C1CC1. The van der Waals surface area contributed by atoms with Crippen LogP contribution in [0, 0.1) is 17.2 Å². The molecule has 1 fully saturated rings. The van der Waals surface area contributed by atoms with Gasteiger partial charge in [-0.1, -0.05) is 17.8 Å². The maximum atomic E-state index is 8.85. The van der Waals surface area contributed by atoms with Crippen LogP contribution in [0.4, 0.5) is 0 Å². The molecule has 2 aromatic rings. The molecule has 1 aliphatic carbocycles. The zero-order valence-corrected chi connectivity index (χ0v) is 12.2. The van der Waals surface area contributed by atoms with Crippen molar-refractivity contribution in [1.29, 1.82) is 5.26 Å². The van der Waals surface area contributed by atoms with Crippen molar-refractivity contribution in [3.63, 3.8) is 0 Å². The Hall–Kier alpha value is -1.32. The number of nitrogens with zero attached hydrogens (tertiary/aromatic N) is 4. The van der Waals surface area contributed by atoms with Crippen molar-refractivity contribution < 1.29 is 0 Å². The van der Waals surface area contributed by atoms with Gasteiger partial charge in [-0.15, -0.1) is 21.5 Å². The summed E-state index contributed by atoms with van der Waals surface area (Å²) in [5.74, 6) is 1.79. The lowest BCUT2D eigenvalue weighted by molar-refractivity contribution is 0.668. The molecule has 4 nitrogen and oxygen atoms in total. The maximum absolute atomic E-state index is 8.85. The van der Waals surface area contributed by atoms with E-state index in [0.717, 1.165) is 16.7 Å². The van der Waals surface area contributed by atoms with Crippen molar-refractivity contribution in [2.45, 2.75) is 31.0 Å². The minimum Gasteiger partial charge on any atom is -0.298 e. The summed E-state index contributed by atoms with van der Waals surface area (Å²) in [4.78, 5) is 1.17. The average molecular weight is 290 g/mol. The molecule has 0 bridgehead atoms. The fourth-order valence-corrected chi connectivity index (χ4v) is 3.50. The molecule has 0 aliphatic heterocycles. The van der Waals surface area contributed by atoms with Crippen LogP contribution >= 0.6 is 23.1 Å². The number of thiophene rings is 1. The quantitative estimate of drug-likeness (QED) is 0.790. The summed E-state index contributed by atoms with van der Waals surface area (Å²) < 4.78 is 2.25. The van der Waals surface area contributed by atoms with Crippen molar-refractivity contribution in [3.8, 4) is 16.8 Å². The highest BCUT2D eigenvalue weighted by Gasteiger charge is 2.30. The lowest BCUT2D eigenvalue weighted by atomic mass is 10.3. The van der Waals surface area contributed by atoms with Crippen LogP contribution < -0.4 is 0 Å². The second-order valence-corrected chi connectivity index (χ2v) is 6.66. The number of aromatic nitrogens is 3. The predicted molar refractivity (Wildman–Crippen MR) is 77.1 cm³/mol. The molecular formula is C13H14N4S2. The monoisotopic (exact) mass is 290 g/mol. The molecule has 2 heterocycles. The molecule has 1 aliphatic rings. The van der Waals surface area contributed by atoms with Gasteiger partial charge in [0.2, 0.25) is 0 Å². The molecule has 19 heavy (non-hydrogen) atoms. The summed E-state index contributed by atoms with van der Waals surface area (Å²) in [5, 5.41) is 20.5. The normalized spacial score (nSPS) is 16.2. The first-order chi connectivity index (χ1) is 9.29. The van der Waals surface area contributed by atoms with Crippen molar-refractivity contribution in [3.05, 3.63) is 17.5 Å². The third-order valence-corrected chi connectivity index (χ3v) is 5.07. The minimum absolute atomic E-state index is 0.0412. The van der Waals surface area contributed by atoms with Gasteiger partial charge in [-0.25, -0.2) is 0 Å². The highest BCUT2D eigenvalue weighted by molar-refractivity contribution is 7.99. The first-order valence-electron chi connectivity index (χ1n) is 6.30. The molecule has 0 aromatic carbocycles. The van der Waals surface area contributed by atoms with Crippen LogP contribution in [0.2, 0.25) is 0 Å². The number of rotatable bonds is 5. The van der Waals surface area contributed by atoms with Gasteiger partial charge in [-0.3, -0.25) is 4.57 Å². The summed E-state index contributed by atoms with van der Waals surface area (Å²) in [7, 11) is 0. The van der Waals surface area contributed by atoms with E-state index in [1.807, 2.05) is 13.0 Å². The Bertz CT molecular complexity index is 593. The molecule has 0 saturated heterocycles. The summed E-state index contributed by atoms with van der Waals surface area (Å²) >= 11 is 3.33. The third-order valence-electron chi connectivity index (χ3n) is 3.00. The van der Waals surface area contributed by atoms with Crippen molar-refractivity contribution >= 4 is 23.1 Å². The first kappa shape index (κ1) is 12.7. The van der Waals surface area contributed by atoms with Crippen molar-refractivity contribution in [2.24, 2.45) is 5.92 Å². The molecule has 1 atom stereocenters. The van der Waals surface area contributed by atoms with Gasteiger partial charge in [-0.2, -0.15) is 5.26 Å². The zero-order valence-electron chi connectivity index (χ0n) is 10.6. The van der Waals surface area contributed by atoms with Gasteiger partial charge >= 0.3 is 0 Å². The molecule has 0 amide bonds. The van der Waals surface area contributed by atoms with E-state index < -0.39 is 0 Å². The van der Waals surface area contributed by atoms with E-state index in [-0.39, 0.29) is 5.92 Å². The van der Waals surface area contributed by atoms with Gasteiger partial charge in [0, 0.05) is 11.8 Å². The average Bonchev–Trinajstić information content (AvgIpc) is 2.96. The van der Waals surface area contributed by atoms with Crippen LogP contribution in [0.3, 0.4) is 0 Å². The van der Waals surface area contributed by atoms with Gasteiger partial charge in [0.05, 0.1) is 16.9 Å². The highest BCUT2D eigenvalue weighted by atomic mass is 32.2. The topological polar surface area (TPSA) is 54.5 Å². The first-order valence-corrected chi connectivity index (χ1v) is 8.17. The van der Waals surface area contributed by atoms with Crippen LogP contribution in [0.15, 0.2) is 22.7 Å². The molecule has 2 aromatic heterocycles. The number of nitriles is 1. The molecule has 3 rings (SSSR count). The molecule has 0 spiro atoms. The lowest BCUT2D eigenvalue weighted by Crippen LogP contribution is -2.01. The van der Waals surface area contributed by atoms with E-state index >= 15 is 0 Å². The van der Waals surface area contributed by atoms with E-state index in [1.165, 1.54) is 17.7 Å². The number of hydrogen-bond acceptors (Lipinski definition) is 5. The summed E-state index contributed by atoms with van der Waals surface area (Å²) in [6.07, 6.45) is 2.41.